The predicted octanol–water partition coefficient (Wildman–Crippen LogP) is 0.585. The van der Waals surface area contributed by atoms with Crippen molar-refractivity contribution in [2.75, 3.05) is 26.7 Å². The number of likely N-dealkylation sites (N-methyl/N-ethyl adjacent to an activating group) is 1. The molecule has 2 unspecified atom stereocenters. The number of hydrogen-bond acceptors (Lipinski definition) is 3. The molecule has 1 aliphatic heterocycles. The third-order valence-corrected chi connectivity index (χ3v) is 3.31. The molecule has 1 rings (SSSR count). The highest BCUT2D eigenvalue weighted by molar-refractivity contribution is 5.82. The van der Waals surface area contributed by atoms with E-state index < -0.39 is 12.0 Å². The van der Waals surface area contributed by atoms with Crippen molar-refractivity contribution in [2.45, 2.75) is 38.8 Å². The summed E-state index contributed by atoms with van der Waals surface area (Å²) in [5.74, 6) is -0.981. The van der Waals surface area contributed by atoms with E-state index in [2.05, 4.69) is 10.2 Å². The average molecular weight is 257 g/mol. The lowest BCUT2D eigenvalue weighted by atomic mass is 10.2. The normalized spacial score (nSPS) is 23.3. The van der Waals surface area contributed by atoms with Crippen LogP contribution in [0.15, 0.2) is 0 Å². The molecule has 0 bridgehead atoms. The van der Waals surface area contributed by atoms with Gasteiger partial charge < -0.3 is 20.2 Å². The minimum atomic E-state index is -0.981. The van der Waals surface area contributed by atoms with Crippen LogP contribution in [0.2, 0.25) is 0 Å². The number of nitrogens with zero attached hydrogens (tertiary/aromatic N) is 2. The highest BCUT2D eigenvalue weighted by Gasteiger charge is 2.26. The third kappa shape index (κ3) is 3.87. The summed E-state index contributed by atoms with van der Waals surface area (Å²) in [6.07, 6.45) is 1.31. The van der Waals surface area contributed by atoms with Gasteiger partial charge in [-0.05, 0) is 33.4 Å². The summed E-state index contributed by atoms with van der Waals surface area (Å²) in [4.78, 5) is 26.9. The molecule has 0 aliphatic carbocycles. The zero-order valence-electron chi connectivity index (χ0n) is 11.3. The molecular weight excluding hydrogens is 234 g/mol. The Morgan fingerprint density at radius 2 is 2.11 bits per heavy atom. The van der Waals surface area contributed by atoms with Crippen LogP contribution >= 0.6 is 0 Å². The van der Waals surface area contributed by atoms with E-state index in [0.717, 1.165) is 19.5 Å². The van der Waals surface area contributed by atoms with Crippen molar-refractivity contribution in [3.05, 3.63) is 0 Å². The van der Waals surface area contributed by atoms with E-state index in [4.69, 9.17) is 5.11 Å². The first-order chi connectivity index (χ1) is 8.45. The summed E-state index contributed by atoms with van der Waals surface area (Å²) in [5.41, 5.74) is 0. The van der Waals surface area contributed by atoms with Gasteiger partial charge in [-0.15, -0.1) is 0 Å². The van der Waals surface area contributed by atoms with Crippen LogP contribution < -0.4 is 5.32 Å². The van der Waals surface area contributed by atoms with Gasteiger partial charge in [0.1, 0.15) is 6.04 Å². The molecule has 0 saturated carbocycles. The van der Waals surface area contributed by atoms with E-state index >= 15 is 0 Å². The molecule has 1 aliphatic rings. The molecule has 1 fully saturated rings. The molecular formula is C12H23N3O3. The van der Waals surface area contributed by atoms with E-state index in [1.54, 1.807) is 11.8 Å². The Labute approximate surface area is 108 Å². The Hall–Kier alpha value is -1.30. The summed E-state index contributed by atoms with van der Waals surface area (Å²) in [6, 6.07) is -0.971. The van der Waals surface area contributed by atoms with Crippen molar-refractivity contribution in [1.82, 2.24) is 15.1 Å². The van der Waals surface area contributed by atoms with Gasteiger partial charge in [0.2, 0.25) is 0 Å². The maximum atomic E-state index is 12.1. The largest absolute Gasteiger partial charge is 0.480 e. The molecule has 0 aromatic rings. The smallest absolute Gasteiger partial charge is 0.326 e. The van der Waals surface area contributed by atoms with Gasteiger partial charge in [0.05, 0.1) is 0 Å². The van der Waals surface area contributed by atoms with Crippen LogP contribution in [-0.4, -0.2) is 65.7 Å². The van der Waals surface area contributed by atoms with Crippen molar-refractivity contribution in [3.63, 3.8) is 0 Å². The Morgan fingerprint density at radius 1 is 1.44 bits per heavy atom. The van der Waals surface area contributed by atoms with Gasteiger partial charge in [0.25, 0.3) is 0 Å². The molecule has 6 heteroatoms. The number of rotatable bonds is 3. The van der Waals surface area contributed by atoms with Crippen LogP contribution in [0.4, 0.5) is 4.79 Å². The molecule has 1 saturated heterocycles. The molecule has 0 aromatic carbocycles. The molecule has 104 valence electrons. The van der Waals surface area contributed by atoms with E-state index in [0.29, 0.717) is 13.0 Å². The lowest BCUT2D eigenvalue weighted by molar-refractivity contribution is -0.139. The number of carboxylic acids is 1. The van der Waals surface area contributed by atoms with E-state index in [1.807, 2.05) is 14.0 Å². The monoisotopic (exact) mass is 257 g/mol. The SMILES string of the molecule is CCC(NC(=O)N1CCCN(C)CC1C)C(=O)O. The van der Waals surface area contributed by atoms with Gasteiger partial charge in [-0.1, -0.05) is 6.92 Å². The van der Waals surface area contributed by atoms with Gasteiger partial charge in [-0.2, -0.15) is 0 Å². The standard InChI is InChI=1S/C12H23N3O3/c1-4-10(11(16)17)13-12(18)15-7-5-6-14(3)8-9(15)2/h9-10H,4-8H2,1-3H3,(H,13,18)(H,16,17). The van der Waals surface area contributed by atoms with Crippen LogP contribution in [0, 0.1) is 0 Å². The fourth-order valence-electron chi connectivity index (χ4n) is 2.24. The summed E-state index contributed by atoms with van der Waals surface area (Å²) < 4.78 is 0. The number of carboxylic acid groups (broad SMARTS) is 1. The second-order valence-corrected chi connectivity index (χ2v) is 4.91. The molecule has 2 N–H and O–H groups in total. The Balaban J connectivity index is 2.61. The minimum Gasteiger partial charge on any atom is -0.480 e. The van der Waals surface area contributed by atoms with Gasteiger partial charge in [0.15, 0.2) is 0 Å². The molecule has 0 radical (unpaired) electrons. The minimum absolute atomic E-state index is 0.101. The number of aliphatic carboxylic acids is 1. The van der Waals surface area contributed by atoms with Gasteiger partial charge in [0, 0.05) is 19.1 Å². The average Bonchev–Trinajstić information content (AvgIpc) is 2.46. The molecule has 18 heavy (non-hydrogen) atoms. The van der Waals surface area contributed by atoms with Crippen molar-refractivity contribution in [1.29, 1.82) is 0 Å². The predicted molar refractivity (Wildman–Crippen MR) is 68.5 cm³/mol. The van der Waals surface area contributed by atoms with E-state index in [-0.39, 0.29) is 12.1 Å². The van der Waals surface area contributed by atoms with Gasteiger partial charge >= 0.3 is 12.0 Å². The first kappa shape index (κ1) is 14.8. The first-order valence-corrected chi connectivity index (χ1v) is 6.44. The highest BCUT2D eigenvalue weighted by atomic mass is 16.4. The van der Waals surface area contributed by atoms with E-state index in [9.17, 15) is 9.59 Å². The lowest BCUT2D eigenvalue weighted by Gasteiger charge is -2.29. The molecule has 2 amide bonds. The zero-order valence-corrected chi connectivity index (χ0v) is 11.3. The Bertz CT molecular complexity index is 309. The van der Waals surface area contributed by atoms with Crippen molar-refractivity contribution in [2.24, 2.45) is 0 Å². The quantitative estimate of drug-likeness (QED) is 0.776. The lowest BCUT2D eigenvalue weighted by Crippen LogP contribution is -2.51. The fourth-order valence-corrected chi connectivity index (χ4v) is 2.24. The molecule has 2 atom stereocenters. The second-order valence-electron chi connectivity index (χ2n) is 4.91. The molecule has 6 nitrogen and oxygen atoms in total. The van der Waals surface area contributed by atoms with Crippen LogP contribution in [0.3, 0.4) is 0 Å². The summed E-state index contributed by atoms with van der Waals surface area (Å²) >= 11 is 0. The van der Waals surface area contributed by atoms with Crippen LogP contribution in [0.25, 0.3) is 0 Å². The molecule has 0 aromatic heterocycles. The van der Waals surface area contributed by atoms with Crippen LogP contribution in [0.1, 0.15) is 26.7 Å². The van der Waals surface area contributed by atoms with Gasteiger partial charge in [-0.3, -0.25) is 0 Å². The first-order valence-electron chi connectivity index (χ1n) is 6.44. The number of urea groups is 1. The zero-order chi connectivity index (χ0) is 13.7. The maximum Gasteiger partial charge on any atom is 0.326 e. The number of amides is 2. The third-order valence-electron chi connectivity index (χ3n) is 3.31. The summed E-state index contributed by atoms with van der Waals surface area (Å²) in [5, 5.41) is 11.5. The van der Waals surface area contributed by atoms with Gasteiger partial charge in [-0.25, -0.2) is 9.59 Å². The van der Waals surface area contributed by atoms with Crippen LogP contribution in [0.5, 0.6) is 0 Å². The number of nitrogens with one attached hydrogen (secondary N) is 1. The topological polar surface area (TPSA) is 72.9 Å². The van der Waals surface area contributed by atoms with Crippen molar-refractivity contribution < 1.29 is 14.7 Å². The Kier molecular flexibility index (Phi) is 5.40. The fraction of sp³-hybridized carbons (Fsp3) is 0.833. The van der Waals surface area contributed by atoms with E-state index in [1.165, 1.54) is 0 Å². The summed E-state index contributed by atoms with van der Waals surface area (Å²) in [6.45, 7) is 6.19. The van der Waals surface area contributed by atoms with Crippen molar-refractivity contribution in [3.8, 4) is 0 Å². The van der Waals surface area contributed by atoms with Crippen LogP contribution in [-0.2, 0) is 4.79 Å². The van der Waals surface area contributed by atoms with Crippen molar-refractivity contribution >= 4 is 12.0 Å². The number of carbonyl (C=O) groups is 2. The Morgan fingerprint density at radius 3 is 2.67 bits per heavy atom. The maximum absolute atomic E-state index is 12.1. The number of carbonyl (C=O) groups excluding carboxylic acids is 1. The number of hydrogen-bond donors (Lipinski definition) is 2. The molecule has 0 spiro atoms. The molecule has 1 heterocycles. The second kappa shape index (κ2) is 6.58. The summed E-state index contributed by atoms with van der Waals surface area (Å²) in [7, 11) is 2.03. The highest BCUT2D eigenvalue weighted by Crippen LogP contribution is 2.09.